The number of carbonyl (C=O) groups excluding carboxylic acids is 3. The number of aliphatic imine (C=N–C) groups is 1. The van der Waals surface area contributed by atoms with E-state index in [9.17, 15) is 14.4 Å². The third-order valence-corrected chi connectivity index (χ3v) is 7.04. The molecule has 0 radical (unpaired) electrons. The monoisotopic (exact) mass is 578 g/mol. The minimum atomic E-state index is -0.574. The van der Waals surface area contributed by atoms with Crippen LogP contribution in [0, 0.1) is 6.92 Å². The van der Waals surface area contributed by atoms with E-state index in [0.717, 1.165) is 30.0 Å². The van der Waals surface area contributed by atoms with Crippen molar-refractivity contribution < 1.29 is 19.1 Å². The maximum atomic E-state index is 13.3. The van der Waals surface area contributed by atoms with E-state index in [1.54, 1.807) is 61.8 Å². The van der Waals surface area contributed by atoms with Gasteiger partial charge in [-0.2, -0.15) is 5.10 Å². The van der Waals surface area contributed by atoms with Crippen molar-refractivity contribution in [2.45, 2.75) is 19.3 Å². The molecule has 1 aliphatic heterocycles. The number of carbonyl (C=O) groups is 3. The van der Waals surface area contributed by atoms with Gasteiger partial charge in [0.2, 0.25) is 5.91 Å². The fraction of sp³-hybridized carbons (Fsp3) is 0.242. The summed E-state index contributed by atoms with van der Waals surface area (Å²) in [5, 5.41) is 9.90. The molecule has 0 saturated carbocycles. The molecule has 1 aliphatic rings. The zero-order valence-corrected chi connectivity index (χ0v) is 24.6. The number of benzene rings is 3. The summed E-state index contributed by atoms with van der Waals surface area (Å²) < 4.78 is 7.28. The number of ether oxygens (including phenoxy) is 1. The number of nitrogens with one attached hydrogen (secondary N) is 2. The molecule has 10 nitrogen and oxygen atoms in total. The molecular formula is C33H34N6O4. The fourth-order valence-corrected chi connectivity index (χ4v) is 4.86. The topological polar surface area (TPSA) is 118 Å². The molecular weight excluding hydrogens is 544 g/mol. The number of rotatable bonds is 11. The van der Waals surface area contributed by atoms with E-state index in [0.29, 0.717) is 40.5 Å². The molecule has 5 rings (SSSR count). The number of hydrogen-bond acceptors (Lipinski definition) is 7. The van der Waals surface area contributed by atoms with Crippen LogP contribution in [0.4, 0.5) is 17.1 Å². The summed E-state index contributed by atoms with van der Waals surface area (Å²) >= 11 is 0. The van der Waals surface area contributed by atoms with Crippen molar-refractivity contribution in [2.24, 2.45) is 12.0 Å². The van der Waals surface area contributed by atoms with E-state index in [4.69, 9.17) is 4.74 Å². The number of ketones is 1. The lowest BCUT2D eigenvalue weighted by atomic mass is 9.97. The molecule has 1 unspecified atom stereocenters. The van der Waals surface area contributed by atoms with Gasteiger partial charge in [-0.3, -0.25) is 24.1 Å². The molecule has 0 saturated heterocycles. The molecule has 2 amide bonds. The van der Waals surface area contributed by atoms with Gasteiger partial charge in [0.05, 0.1) is 18.0 Å². The number of aryl methyl sites for hydroxylation is 2. The van der Waals surface area contributed by atoms with Crippen LogP contribution in [0.2, 0.25) is 0 Å². The summed E-state index contributed by atoms with van der Waals surface area (Å²) in [6.45, 7) is 3.41. The Bertz CT molecular complexity index is 1690. The summed E-state index contributed by atoms with van der Waals surface area (Å²) in [4.78, 5) is 45.5. The van der Waals surface area contributed by atoms with Gasteiger partial charge in [-0.1, -0.05) is 24.3 Å². The first-order chi connectivity index (χ1) is 20.7. The SMILES string of the molecule is Cc1cc(C(=O)Nc2cccc(C(=O)c3ccc4c(c3)NC(=O)C4C=Nc3ccc(OCCCN(C)C)cc3)c2)n(C)n1. The van der Waals surface area contributed by atoms with Crippen molar-refractivity contribution in [3.05, 3.63) is 101 Å². The molecule has 1 aromatic heterocycles. The quantitative estimate of drug-likeness (QED) is 0.147. The predicted octanol–water partition coefficient (Wildman–Crippen LogP) is 4.98. The molecule has 10 heteroatoms. The van der Waals surface area contributed by atoms with E-state index >= 15 is 0 Å². The summed E-state index contributed by atoms with van der Waals surface area (Å²) in [7, 11) is 5.77. The first-order valence-corrected chi connectivity index (χ1v) is 14.0. The van der Waals surface area contributed by atoms with Gasteiger partial charge in [-0.15, -0.1) is 0 Å². The second kappa shape index (κ2) is 12.8. The normalized spacial score (nSPS) is 14.2. The van der Waals surface area contributed by atoms with E-state index in [2.05, 4.69) is 25.6 Å². The Morgan fingerprint density at radius 1 is 1.07 bits per heavy atom. The molecule has 0 aliphatic carbocycles. The van der Waals surface area contributed by atoms with Gasteiger partial charge in [0.15, 0.2) is 5.78 Å². The molecule has 3 aromatic carbocycles. The molecule has 0 fully saturated rings. The van der Waals surface area contributed by atoms with Gasteiger partial charge in [0, 0.05) is 42.3 Å². The van der Waals surface area contributed by atoms with Crippen LogP contribution < -0.4 is 15.4 Å². The van der Waals surface area contributed by atoms with Gasteiger partial charge in [0.1, 0.15) is 17.4 Å². The summed E-state index contributed by atoms with van der Waals surface area (Å²) in [6, 6.07) is 21.0. The van der Waals surface area contributed by atoms with Gasteiger partial charge in [-0.25, -0.2) is 0 Å². The van der Waals surface area contributed by atoms with Crippen LogP contribution in [0.5, 0.6) is 5.75 Å². The highest BCUT2D eigenvalue weighted by atomic mass is 16.5. The third-order valence-electron chi connectivity index (χ3n) is 7.04. The van der Waals surface area contributed by atoms with Crippen molar-refractivity contribution in [1.29, 1.82) is 0 Å². The molecule has 220 valence electrons. The third kappa shape index (κ3) is 7.04. The standard InChI is InChI=1S/C33H34N6O4/c1-21-17-30(39(4)37-21)33(42)35-25-8-5-7-22(18-25)31(40)23-9-14-27-28(32(41)36-29(27)19-23)20-34-24-10-12-26(13-11-24)43-16-6-15-38(2)3/h5,7-14,17-20,28H,6,15-16H2,1-4H3,(H,35,42)(H,36,41). The molecule has 43 heavy (non-hydrogen) atoms. The number of fused-ring (bicyclic) bond motifs is 1. The molecule has 1 atom stereocenters. The van der Waals surface area contributed by atoms with Gasteiger partial charge in [0.25, 0.3) is 5.91 Å². The Morgan fingerprint density at radius 2 is 1.84 bits per heavy atom. The minimum absolute atomic E-state index is 0.209. The lowest BCUT2D eigenvalue weighted by Crippen LogP contribution is -2.16. The summed E-state index contributed by atoms with van der Waals surface area (Å²) in [5.74, 6) is -0.559. The van der Waals surface area contributed by atoms with Crippen molar-refractivity contribution in [2.75, 3.05) is 37.9 Å². The van der Waals surface area contributed by atoms with Crippen LogP contribution in [0.25, 0.3) is 0 Å². The second-order valence-corrected chi connectivity index (χ2v) is 10.7. The van der Waals surface area contributed by atoms with Crippen LogP contribution in [0.3, 0.4) is 0 Å². The van der Waals surface area contributed by atoms with Crippen LogP contribution >= 0.6 is 0 Å². The molecule has 4 aromatic rings. The summed E-state index contributed by atoms with van der Waals surface area (Å²) in [6.07, 6.45) is 2.55. The molecule has 2 N–H and O–H groups in total. The summed E-state index contributed by atoms with van der Waals surface area (Å²) in [5.41, 5.74) is 4.50. The highest BCUT2D eigenvalue weighted by Gasteiger charge is 2.30. The smallest absolute Gasteiger partial charge is 0.273 e. The van der Waals surface area contributed by atoms with E-state index in [1.807, 2.05) is 45.3 Å². The average molecular weight is 579 g/mol. The van der Waals surface area contributed by atoms with Gasteiger partial charge in [-0.05, 0) is 81.5 Å². The largest absolute Gasteiger partial charge is 0.494 e. The van der Waals surface area contributed by atoms with E-state index < -0.39 is 5.92 Å². The van der Waals surface area contributed by atoms with Crippen LogP contribution in [-0.4, -0.2) is 65.7 Å². The number of anilines is 2. The van der Waals surface area contributed by atoms with Crippen LogP contribution in [-0.2, 0) is 11.8 Å². The lowest BCUT2D eigenvalue weighted by Gasteiger charge is -2.10. The highest BCUT2D eigenvalue weighted by molar-refractivity contribution is 6.15. The Morgan fingerprint density at radius 3 is 2.56 bits per heavy atom. The maximum Gasteiger partial charge on any atom is 0.273 e. The van der Waals surface area contributed by atoms with Gasteiger partial charge < -0.3 is 20.3 Å². The fourth-order valence-electron chi connectivity index (χ4n) is 4.86. The molecule has 0 spiro atoms. The number of amides is 2. The lowest BCUT2D eigenvalue weighted by molar-refractivity contribution is -0.115. The highest BCUT2D eigenvalue weighted by Crippen LogP contribution is 2.33. The van der Waals surface area contributed by atoms with E-state index in [-0.39, 0.29) is 17.6 Å². The van der Waals surface area contributed by atoms with Crippen LogP contribution in [0.15, 0.2) is 77.8 Å². The molecule has 0 bridgehead atoms. The Hall–Kier alpha value is -5.09. The van der Waals surface area contributed by atoms with Crippen LogP contribution in [0.1, 0.15) is 50.0 Å². The van der Waals surface area contributed by atoms with Crippen molar-refractivity contribution in [1.82, 2.24) is 14.7 Å². The first-order valence-electron chi connectivity index (χ1n) is 14.0. The Kier molecular flexibility index (Phi) is 8.77. The van der Waals surface area contributed by atoms with Crippen molar-refractivity contribution >= 4 is 40.9 Å². The first kappa shape index (κ1) is 29.4. The van der Waals surface area contributed by atoms with E-state index in [1.165, 1.54) is 4.68 Å². The predicted molar refractivity (Wildman–Crippen MR) is 167 cm³/mol. The number of hydrogen-bond donors (Lipinski definition) is 2. The Balaban J connectivity index is 1.24. The maximum absolute atomic E-state index is 13.3. The average Bonchev–Trinajstić information content (AvgIpc) is 3.50. The van der Waals surface area contributed by atoms with Crippen molar-refractivity contribution in [3.8, 4) is 5.75 Å². The van der Waals surface area contributed by atoms with Crippen molar-refractivity contribution in [3.63, 3.8) is 0 Å². The Labute approximate surface area is 250 Å². The second-order valence-electron chi connectivity index (χ2n) is 10.7. The van der Waals surface area contributed by atoms with Gasteiger partial charge >= 0.3 is 0 Å². The number of aromatic nitrogens is 2. The minimum Gasteiger partial charge on any atom is -0.494 e. The molecule has 2 heterocycles. The number of nitrogens with zero attached hydrogens (tertiary/aromatic N) is 4. The zero-order valence-electron chi connectivity index (χ0n) is 24.6. The zero-order chi connectivity index (χ0) is 30.5.